The van der Waals surface area contributed by atoms with Crippen molar-refractivity contribution in [3.63, 3.8) is 0 Å². The van der Waals surface area contributed by atoms with Gasteiger partial charge in [-0.25, -0.2) is 0 Å². The Kier molecular flexibility index (Phi) is 3.76. The summed E-state index contributed by atoms with van der Waals surface area (Å²) in [5.74, 6) is 1.32. The second-order valence-electron chi connectivity index (χ2n) is 6.15. The Morgan fingerprint density at radius 1 is 1.25 bits per heavy atom. The van der Waals surface area contributed by atoms with Crippen molar-refractivity contribution in [2.75, 3.05) is 26.2 Å². The van der Waals surface area contributed by atoms with E-state index in [1.165, 1.54) is 0 Å². The molecule has 1 aromatic carbocycles. The third-order valence-electron chi connectivity index (χ3n) is 4.81. The number of rotatable bonds is 3. The van der Waals surface area contributed by atoms with Crippen molar-refractivity contribution < 1.29 is 4.79 Å². The van der Waals surface area contributed by atoms with Crippen LogP contribution >= 0.6 is 0 Å². The van der Waals surface area contributed by atoms with E-state index in [1.807, 2.05) is 42.2 Å². The van der Waals surface area contributed by atoms with E-state index < -0.39 is 0 Å². The molecule has 2 aliphatic heterocycles. The molecule has 4 nitrogen and oxygen atoms in total. The monoisotopic (exact) mass is 273 g/mol. The van der Waals surface area contributed by atoms with Crippen molar-refractivity contribution in [1.82, 2.24) is 10.2 Å². The van der Waals surface area contributed by atoms with Crippen LogP contribution in [0.2, 0.25) is 0 Å². The van der Waals surface area contributed by atoms with Gasteiger partial charge in [-0.05, 0) is 17.4 Å². The van der Waals surface area contributed by atoms with E-state index in [0.717, 1.165) is 31.7 Å². The van der Waals surface area contributed by atoms with Gasteiger partial charge in [0, 0.05) is 32.2 Å². The van der Waals surface area contributed by atoms with E-state index in [2.05, 4.69) is 5.32 Å². The highest BCUT2D eigenvalue weighted by Crippen LogP contribution is 2.29. The fourth-order valence-electron chi connectivity index (χ4n) is 3.44. The number of nitrogens with two attached hydrogens (primary N) is 1. The highest BCUT2D eigenvalue weighted by atomic mass is 16.2. The first-order chi connectivity index (χ1) is 9.66. The summed E-state index contributed by atoms with van der Waals surface area (Å²) in [7, 11) is 0. The Hall–Kier alpha value is -1.39. The van der Waals surface area contributed by atoms with Gasteiger partial charge in [-0.2, -0.15) is 0 Å². The highest BCUT2D eigenvalue weighted by molar-refractivity contribution is 5.79. The number of amides is 1. The van der Waals surface area contributed by atoms with Crippen molar-refractivity contribution in [2.24, 2.45) is 23.5 Å². The lowest BCUT2D eigenvalue weighted by Crippen LogP contribution is -2.39. The van der Waals surface area contributed by atoms with Crippen LogP contribution in [0.15, 0.2) is 30.3 Å². The van der Waals surface area contributed by atoms with Gasteiger partial charge >= 0.3 is 0 Å². The van der Waals surface area contributed by atoms with Crippen molar-refractivity contribution >= 4 is 5.91 Å². The fraction of sp³-hybridized carbons (Fsp3) is 0.562. The number of hydrogen-bond acceptors (Lipinski definition) is 3. The molecule has 2 unspecified atom stereocenters. The lowest BCUT2D eigenvalue weighted by molar-refractivity contribution is -0.134. The molecule has 0 bridgehead atoms. The first-order valence-electron chi connectivity index (χ1n) is 7.47. The van der Waals surface area contributed by atoms with Crippen LogP contribution in [0.1, 0.15) is 18.5 Å². The number of carbonyl (C=O) groups excluding carboxylic acids is 1. The molecule has 0 radical (unpaired) electrons. The van der Waals surface area contributed by atoms with Gasteiger partial charge in [0.25, 0.3) is 0 Å². The SMILES string of the molecule is CC(C(=O)N1C[C@H]2CNC[C@H]2C1)C(N)c1ccccc1. The standard InChI is InChI=1S/C16H23N3O/c1-11(15(17)12-5-3-2-4-6-12)16(20)19-9-13-7-18-8-14(13)10-19/h2-6,11,13-15,18H,7-10,17H2,1H3/t11?,13-,14+,15?. The first-order valence-corrected chi connectivity index (χ1v) is 7.47. The van der Waals surface area contributed by atoms with E-state index in [-0.39, 0.29) is 17.9 Å². The molecule has 20 heavy (non-hydrogen) atoms. The van der Waals surface area contributed by atoms with Crippen LogP contribution < -0.4 is 11.1 Å². The summed E-state index contributed by atoms with van der Waals surface area (Å²) in [5, 5.41) is 3.40. The summed E-state index contributed by atoms with van der Waals surface area (Å²) < 4.78 is 0. The molecule has 0 saturated carbocycles. The maximum Gasteiger partial charge on any atom is 0.227 e. The summed E-state index contributed by atoms with van der Waals surface area (Å²) in [4.78, 5) is 14.6. The summed E-state index contributed by atoms with van der Waals surface area (Å²) in [6.45, 7) is 5.83. The molecule has 0 aromatic heterocycles. The van der Waals surface area contributed by atoms with Crippen molar-refractivity contribution in [1.29, 1.82) is 0 Å². The topological polar surface area (TPSA) is 58.4 Å². The zero-order valence-corrected chi connectivity index (χ0v) is 12.0. The number of nitrogens with zero attached hydrogens (tertiary/aromatic N) is 1. The van der Waals surface area contributed by atoms with Crippen LogP contribution in [0.25, 0.3) is 0 Å². The molecule has 0 spiro atoms. The number of benzene rings is 1. The van der Waals surface area contributed by atoms with E-state index in [4.69, 9.17) is 5.73 Å². The van der Waals surface area contributed by atoms with Crippen LogP contribution in [0.5, 0.6) is 0 Å². The molecule has 3 rings (SSSR count). The molecule has 2 heterocycles. The largest absolute Gasteiger partial charge is 0.342 e. The number of likely N-dealkylation sites (tertiary alicyclic amines) is 1. The molecule has 2 fully saturated rings. The van der Waals surface area contributed by atoms with Crippen LogP contribution in [-0.2, 0) is 4.79 Å². The van der Waals surface area contributed by atoms with Crippen LogP contribution in [0.3, 0.4) is 0 Å². The minimum atomic E-state index is -0.220. The molecule has 1 aromatic rings. The predicted octanol–water partition coefficient (Wildman–Crippen LogP) is 1.00. The van der Waals surface area contributed by atoms with E-state index in [0.29, 0.717) is 11.8 Å². The summed E-state index contributed by atoms with van der Waals surface area (Å²) in [6, 6.07) is 9.68. The molecular formula is C16H23N3O. The van der Waals surface area contributed by atoms with E-state index >= 15 is 0 Å². The summed E-state index contributed by atoms with van der Waals surface area (Å²) in [6.07, 6.45) is 0. The van der Waals surface area contributed by atoms with Gasteiger partial charge in [0.2, 0.25) is 5.91 Å². The Balaban J connectivity index is 1.65. The average molecular weight is 273 g/mol. The number of nitrogens with one attached hydrogen (secondary N) is 1. The van der Waals surface area contributed by atoms with Crippen molar-refractivity contribution in [2.45, 2.75) is 13.0 Å². The Bertz CT molecular complexity index is 464. The smallest absolute Gasteiger partial charge is 0.227 e. The molecule has 2 saturated heterocycles. The normalized spacial score (nSPS) is 28.2. The third-order valence-corrected chi connectivity index (χ3v) is 4.81. The highest BCUT2D eigenvalue weighted by Gasteiger charge is 2.39. The van der Waals surface area contributed by atoms with Gasteiger partial charge in [-0.15, -0.1) is 0 Å². The van der Waals surface area contributed by atoms with Crippen LogP contribution in [-0.4, -0.2) is 37.0 Å². The second-order valence-corrected chi connectivity index (χ2v) is 6.15. The van der Waals surface area contributed by atoms with Gasteiger partial charge in [0.1, 0.15) is 0 Å². The fourth-order valence-corrected chi connectivity index (χ4v) is 3.44. The molecular weight excluding hydrogens is 250 g/mol. The zero-order valence-electron chi connectivity index (χ0n) is 12.0. The van der Waals surface area contributed by atoms with Crippen LogP contribution in [0, 0.1) is 17.8 Å². The maximum absolute atomic E-state index is 12.6. The van der Waals surface area contributed by atoms with Crippen LogP contribution in [0.4, 0.5) is 0 Å². The zero-order chi connectivity index (χ0) is 14.1. The Labute approximate surface area is 120 Å². The molecule has 2 aliphatic rings. The quantitative estimate of drug-likeness (QED) is 0.864. The Morgan fingerprint density at radius 3 is 2.45 bits per heavy atom. The lowest BCUT2D eigenvalue weighted by atomic mass is 9.94. The van der Waals surface area contributed by atoms with Crippen molar-refractivity contribution in [3.05, 3.63) is 35.9 Å². The molecule has 1 amide bonds. The molecule has 0 aliphatic carbocycles. The maximum atomic E-state index is 12.6. The molecule has 108 valence electrons. The van der Waals surface area contributed by atoms with Gasteiger partial charge in [-0.3, -0.25) is 4.79 Å². The van der Waals surface area contributed by atoms with Gasteiger partial charge in [0.05, 0.1) is 5.92 Å². The summed E-state index contributed by atoms with van der Waals surface area (Å²) in [5.41, 5.74) is 7.30. The average Bonchev–Trinajstić information content (AvgIpc) is 3.07. The Morgan fingerprint density at radius 2 is 1.85 bits per heavy atom. The van der Waals surface area contributed by atoms with Gasteiger partial charge in [0.15, 0.2) is 0 Å². The third kappa shape index (κ3) is 2.45. The van der Waals surface area contributed by atoms with E-state index in [9.17, 15) is 4.79 Å². The molecule has 3 N–H and O–H groups in total. The minimum absolute atomic E-state index is 0.163. The van der Waals surface area contributed by atoms with Gasteiger partial charge in [-0.1, -0.05) is 37.3 Å². The minimum Gasteiger partial charge on any atom is -0.342 e. The van der Waals surface area contributed by atoms with Gasteiger partial charge < -0.3 is 16.0 Å². The molecule has 4 heteroatoms. The molecule has 4 atom stereocenters. The lowest BCUT2D eigenvalue weighted by Gasteiger charge is -2.26. The summed E-state index contributed by atoms with van der Waals surface area (Å²) >= 11 is 0. The number of hydrogen-bond donors (Lipinski definition) is 2. The second kappa shape index (κ2) is 5.54. The number of carbonyl (C=O) groups is 1. The predicted molar refractivity (Wildman–Crippen MR) is 79.0 cm³/mol. The van der Waals surface area contributed by atoms with Crippen molar-refractivity contribution in [3.8, 4) is 0 Å². The number of fused-ring (bicyclic) bond motifs is 1. The first kappa shape index (κ1) is 13.6. The van der Waals surface area contributed by atoms with E-state index in [1.54, 1.807) is 0 Å².